The van der Waals surface area contributed by atoms with Crippen molar-refractivity contribution >= 4 is 10.0 Å². The Hall–Kier alpha value is -1.73. The van der Waals surface area contributed by atoms with Gasteiger partial charge in [-0.2, -0.15) is 9.40 Å². The molecule has 7 heteroatoms. The summed E-state index contributed by atoms with van der Waals surface area (Å²) < 4.78 is 38.7. The van der Waals surface area contributed by atoms with E-state index < -0.39 is 15.8 Å². The molecule has 0 atom stereocenters. The van der Waals surface area contributed by atoms with Gasteiger partial charge in [-0.15, -0.1) is 0 Å². The molecule has 5 nitrogen and oxygen atoms in total. The molecule has 0 saturated carbocycles. The molecular formula is C11H10FN3O2S. The highest BCUT2D eigenvalue weighted by atomic mass is 32.2. The number of nitrogens with one attached hydrogen (secondary N) is 1. The molecule has 94 valence electrons. The molecule has 1 aliphatic heterocycles. The monoisotopic (exact) mass is 267 g/mol. The van der Waals surface area contributed by atoms with Crippen LogP contribution >= 0.6 is 0 Å². The van der Waals surface area contributed by atoms with Gasteiger partial charge in [0.2, 0.25) is 10.0 Å². The van der Waals surface area contributed by atoms with Gasteiger partial charge in [-0.25, -0.2) is 12.8 Å². The van der Waals surface area contributed by atoms with E-state index in [9.17, 15) is 12.8 Å². The normalized spacial score (nSPS) is 15.8. The van der Waals surface area contributed by atoms with E-state index in [2.05, 4.69) is 10.2 Å². The van der Waals surface area contributed by atoms with Crippen molar-refractivity contribution in [2.24, 2.45) is 0 Å². The summed E-state index contributed by atoms with van der Waals surface area (Å²) in [5.41, 5.74) is 1.68. The lowest BCUT2D eigenvalue weighted by molar-refractivity contribution is 0.427. The summed E-state index contributed by atoms with van der Waals surface area (Å²) in [5, 5.41) is 6.61. The second-order valence-corrected chi connectivity index (χ2v) is 6.04. The van der Waals surface area contributed by atoms with Gasteiger partial charge in [0.25, 0.3) is 0 Å². The molecule has 18 heavy (non-hydrogen) atoms. The third kappa shape index (κ3) is 1.72. The summed E-state index contributed by atoms with van der Waals surface area (Å²) in [4.78, 5) is 0.0991. The molecule has 1 N–H and O–H groups in total. The van der Waals surface area contributed by atoms with E-state index in [4.69, 9.17) is 0 Å². The minimum atomic E-state index is -3.57. The van der Waals surface area contributed by atoms with E-state index in [0.29, 0.717) is 6.54 Å². The average molecular weight is 267 g/mol. The minimum absolute atomic E-state index is 0.0991. The molecule has 1 aromatic carbocycles. The Morgan fingerprint density at radius 1 is 1.22 bits per heavy atom. The van der Waals surface area contributed by atoms with Gasteiger partial charge < -0.3 is 0 Å². The maximum Gasteiger partial charge on any atom is 0.243 e. The molecule has 0 saturated heterocycles. The van der Waals surface area contributed by atoms with Gasteiger partial charge in [-0.05, 0) is 24.3 Å². The number of benzene rings is 1. The molecule has 0 amide bonds. The lowest BCUT2D eigenvalue weighted by atomic mass is 10.3. The number of aromatic amines is 1. The molecule has 0 bridgehead atoms. The predicted molar refractivity (Wildman–Crippen MR) is 61.4 cm³/mol. The van der Waals surface area contributed by atoms with Gasteiger partial charge in [-0.1, -0.05) is 0 Å². The third-order valence-corrected chi connectivity index (χ3v) is 4.75. The first-order chi connectivity index (χ1) is 8.57. The van der Waals surface area contributed by atoms with Crippen LogP contribution in [0.4, 0.5) is 4.39 Å². The fraction of sp³-hybridized carbons (Fsp3) is 0.182. The first kappa shape index (κ1) is 11.4. The van der Waals surface area contributed by atoms with Crippen LogP contribution in [0.1, 0.15) is 11.3 Å². The quantitative estimate of drug-likeness (QED) is 0.890. The number of fused-ring (bicyclic) bond motifs is 1. The van der Waals surface area contributed by atoms with Crippen molar-refractivity contribution in [3.05, 3.63) is 47.5 Å². The van der Waals surface area contributed by atoms with Crippen LogP contribution < -0.4 is 0 Å². The molecule has 1 aromatic heterocycles. The van der Waals surface area contributed by atoms with Crippen molar-refractivity contribution in [3.63, 3.8) is 0 Å². The highest BCUT2D eigenvalue weighted by Gasteiger charge is 2.31. The molecule has 2 heterocycles. The van der Waals surface area contributed by atoms with E-state index >= 15 is 0 Å². The highest BCUT2D eigenvalue weighted by Crippen LogP contribution is 2.26. The molecular weight excluding hydrogens is 257 g/mol. The van der Waals surface area contributed by atoms with Crippen LogP contribution in [0.2, 0.25) is 0 Å². The van der Waals surface area contributed by atoms with Crippen molar-refractivity contribution in [1.82, 2.24) is 14.5 Å². The van der Waals surface area contributed by atoms with Gasteiger partial charge in [0.15, 0.2) is 0 Å². The van der Waals surface area contributed by atoms with E-state index in [1.807, 2.05) is 0 Å². The van der Waals surface area contributed by atoms with Crippen molar-refractivity contribution in [2.75, 3.05) is 0 Å². The van der Waals surface area contributed by atoms with Crippen LogP contribution in [0.15, 0.2) is 35.4 Å². The number of H-pyrrole nitrogens is 1. The van der Waals surface area contributed by atoms with Crippen molar-refractivity contribution < 1.29 is 12.8 Å². The summed E-state index contributed by atoms with van der Waals surface area (Å²) in [7, 11) is -3.57. The molecule has 0 fully saturated rings. The molecule has 2 aromatic rings. The SMILES string of the molecule is O=S(=O)(c1ccc(F)cc1)N1Cc2cn[nH]c2C1. The lowest BCUT2D eigenvalue weighted by Gasteiger charge is -2.15. The predicted octanol–water partition coefficient (Wildman–Crippen LogP) is 1.25. The lowest BCUT2D eigenvalue weighted by Crippen LogP contribution is -2.26. The minimum Gasteiger partial charge on any atom is -0.281 e. The highest BCUT2D eigenvalue weighted by molar-refractivity contribution is 7.89. The van der Waals surface area contributed by atoms with Crippen LogP contribution in [0.25, 0.3) is 0 Å². The molecule has 0 spiro atoms. The fourth-order valence-corrected chi connectivity index (χ4v) is 3.35. The van der Waals surface area contributed by atoms with Gasteiger partial charge in [-0.3, -0.25) is 5.10 Å². The number of sulfonamides is 1. The number of nitrogens with zero attached hydrogens (tertiary/aromatic N) is 2. The molecule has 0 aliphatic carbocycles. The zero-order valence-electron chi connectivity index (χ0n) is 9.30. The number of hydrogen-bond donors (Lipinski definition) is 1. The van der Waals surface area contributed by atoms with Crippen LogP contribution in [0, 0.1) is 5.82 Å². The summed E-state index contributed by atoms with van der Waals surface area (Å²) in [5.74, 6) is -0.454. The van der Waals surface area contributed by atoms with E-state index in [0.717, 1.165) is 23.4 Å². The van der Waals surface area contributed by atoms with Gasteiger partial charge >= 0.3 is 0 Å². The second-order valence-electron chi connectivity index (χ2n) is 4.10. The second kappa shape index (κ2) is 3.89. The number of aromatic nitrogens is 2. The van der Waals surface area contributed by atoms with Crippen LogP contribution in [0.5, 0.6) is 0 Å². The summed E-state index contributed by atoms with van der Waals surface area (Å²) in [6.07, 6.45) is 1.62. The molecule has 0 radical (unpaired) electrons. The van der Waals surface area contributed by atoms with E-state index in [-0.39, 0.29) is 11.4 Å². The maximum absolute atomic E-state index is 12.8. The van der Waals surface area contributed by atoms with Crippen molar-refractivity contribution in [1.29, 1.82) is 0 Å². The van der Waals surface area contributed by atoms with Crippen LogP contribution in [-0.2, 0) is 23.1 Å². The smallest absolute Gasteiger partial charge is 0.243 e. The van der Waals surface area contributed by atoms with Crippen molar-refractivity contribution in [3.8, 4) is 0 Å². The topological polar surface area (TPSA) is 66.1 Å². The largest absolute Gasteiger partial charge is 0.281 e. The Labute approximate surface area is 103 Å². The van der Waals surface area contributed by atoms with Gasteiger partial charge in [0, 0.05) is 12.1 Å². The molecule has 0 unspecified atom stereocenters. The van der Waals surface area contributed by atoms with Gasteiger partial charge in [0.1, 0.15) is 5.82 Å². The van der Waals surface area contributed by atoms with E-state index in [1.165, 1.54) is 16.4 Å². The van der Waals surface area contributed by atoms with Crippen LogP contribution in [-0.4, -0.2) is 22.9 Å². The zero-order valence-corrected chi connectivity index (χ0v) is 10.1. The Morgan fingerprint density at radius 2 is 1.94 bits per heavy atom. The number of halogens is 1. The first-order valence-electron chi connectivity index (χ1n) is 5.34. The van der Waals surface area contributed by atoms with Gasteiger partial charge in [0.05, 0.1) is 23.3 Å². The van der Waals surface area contributed by atoms with Crippen LogP contribution in [0.3, 0.4) is 0 Å². The summed E-state index contributed by atoms with van der Waals surface area (Å²) in [6.45, 7) is 0.570. The Bertz CT molecular complexity index is 658. The van der Waals surface area contributed by atoms with E-state index in [1.54, 1.807) is 6.20 Å². The number of rotatable bonds is 2. The number of hydrogen-bond acceptors (Lipinski definition) is 3. The Balaban J connectivity index is 1.93. The fourth-order valence-electron chi connectivity index (χ4n) is 1.96. The zero-order chi connectivity index (χ0) is 12.8. The summed E-state index contributed by atoms with van der Waals surface area (Å²) in [6, 6.07) is 4.83. The Kier molecular flexibility index (Phi) is 2.46. The standard InChI is InChI=1S/C11H10FN3O2S/c12-9-1-3-10(4-2-9)18(16,17)15-6-8-5-13-14-11(8)7-15/h1-5H,6-7H2,(H,13,14). The molecule has 3 rings (SSSR count). The maximum atomic E-state index is 12.8. The first-order valence-corrected chi connectivity index (χ1v) is 6.78. The van der Waals surface area contributed by atoms with Crippen molar-refractivity contribution in [2.45, 2.75) is 18.0 Å². The summed E-state index contributed by atoms with van der Waals surface area (Å²) >= 11 is 0. The third-order valence-electron chi connectivity index (χ3n) is 2.94. The Morgan fingerprint density at radius 3 is 2.61 bits per heavy atom. The molecule has 1 aliphatic rings. The average Bonchev–Trinajstić information content (AvgIpc) is 2.89.